The average molecular weight is 1070 g/mol. The van der Waals surface area contributed by atoms with E-state index in [1.807, 2.05) is 6.08 Å². The highest BCUT2D eigenvalue weighted by atomic mass is 16.5. The largest absolute Gasteiger partial charge is 0.466 e. The van der Waals surface area contributed by atoms with Gasteiger partial charge in [-0.05, 0) is 57.8 Å². The molecule has 0 saturated heterocycles. The van der Waals surface area contributed by atoms with Crippen LogP contribution in [0.1, 0.15) is 386 Å². The molecule has 6 heteroatoms. The second-order valence-electron chi connectivity index (χ2n) is 23.9. The Morgan fingerprint density at radius 3 is 0.934 bits per heavy atom. The molecular weight excluding hydrogens is 935 g/mol. The molecule has 0 rings (SSSR count). The predicted molar refractivity (Wildman–Crippen MR) is 333 cm³/mol. The van der Waals surface area contributed by atoms with E-state index in [1.165, 1.54) is 321 Å². The predicted octanol–water partition coefficient (Wildman–Crippen LogP) is 22.1. The Balaban J connectivity index is 3.34. The van der Waals surface area contributed by atoms with Gasteiger partial charge < -0.3 is 20.3 Å². The van der Waals surface area contributed by atoms with Crippen molar-refractivity contribution in [3.05, 3.63) is 24.3 Å². The highest BCUT2D eigenvalue weighted by molar-refractivity contribution is 5.76. The van der Waals surface area contributed by atoms with E-state index in [9.17, 15) is 19.8 Å². The Labute approximate surface area is 475 Å². The number of aliphatic hydroxyl groups excluding tert-OH is 2. The topological polar surface area (TPSA) is 95.9 Å². The minimum absolute atomic E-state index is 0.0171. The first-order valence-electron chi connectivity index (χ1n) is 34.6. The Bertz CT molecular complexity index is 1190. The maximum atomic E-state index is 12.5. The Morgan fingerprint density at radius 2 is 0.618 bits per heavy atom. The van der Waals surface area contributed by atoms with Crippen molar-refractivity contribution >= 4 is 11.9 Å². The minimum atomic E-state index is -0.842. The summed E-state index contributed by atoms with van der Waals surface area (Å²) < 4.78 is 5.51. The highest BCUT2D eigenvalue weighted by Gasteiger charge is 2.18. The van der Waals surface area contributed by atoms with Crippen LogP contribution in [0.4, 0.5) is 0 Å². The quantitative estimate of drug-likeness (QED) is 0.0320. The number of aliphatic hydroxyl groups is 2. The van der Waals surface area contributed by atoms with Gasteiger partial charge in [-0.2, -0.15) is 0 Å². The molecule has 76 heavy (non-hydrogen) atoms. The Morgan fingerprint density at radius 1 is 0.355 bits per heavy atom. The van der Waals surface area contributed by atoms with E-state index in [-0.39, 0.29) is 18.5 Å². The van der Waals surface area contributed by atoms with Gasteiger partial charge in [0.25, 0.3) is 0 Å². The molecule has 1 amide bonds. The number of carbonyl (C=O) groups is 2. The fraction of sp³-hybridized carbons (Fsp3) is 0.914. The maximum Gasteiger partial charge on any atom is 0.305 e. The molecule has 0 aliphatic heterocycles. The molecule has 0 aromatic heterocycles. The van der Waals surface area contributed by atoms with Gasteiger partial charge >= 0.3 is 5.97 Å². The second kappa shape index (κ2) is 65.9. The van der Waals surface area contributed by atoms with Gasteiger partial charge in [-0.3, -0.25) is 9.59 Å². The molecule has 2 unspecified atom stereocenters. The summed E-state index contributed by atoms with van der Waals surface area (Å²) in [7, 11) is 0. The van der Waals surface area contributed by atoms with Crippen LogP contribution in [0.25, 0.3) is 0 Å². The number of carbonyl (C=O) groups excluding carboxylic acids is 2. The van der Waals surface area contributed by atoms with Crippen molar-refractivity contribution in [1.82, 2.24) is 5.32 Å². The summed E-state index contributed by atoms with van der Waals surface area (Å²) in [4.78, 5) is 24.6. The van der Waals surface area contributed by atoms with Gasteiger partial charge in [0.2, 0.25) is 5.91 Å². The standard InChI is InChI=1S/C70H135NO5/c1-3-5-7-9-11-13-15-17-19-20-29-33-36-40-44-48-52-56-60-64-70(75)76-65-61-57-53-49-45-41-37-34-31-28-26-24-22-21-23-25-27-30-32-35-39-43-47-51-55-59-63-69(74)71-67(66-72)68(73)62-58-54-50-46-42-38-18-16-14-12-10-8-6-4-2/h17,19,58,62,67-68,72-73H,3-16,18,20-57,59-61,63-66H2,1-2H3,(H,71,74)/b19-17-,62-58+. The summed E-state index contributed by atoms with van der Waals surface area (Å²) >= 11 is 0. The van der Waals surface area contributed by atoms with Crippen molar-refractivity contribution < 1.29 is 24.5 Å². The molecule has 0 bridgehead atoms. The molecule has 0 aromatic rings. The molecular formula is C70H135NO5. The van der Waals surface area contributed by atoms with Crippen molar-refractivity contribution in [3.8, 4) is 0 Å². The molecule has 0 spiro atoms. The number of ether oxygens (including phenoxy) is 1. The first-order chi connectivity index (χ1) is 37.5. The molecule has 450 valence electrons. The zero-order chi connectivity index (χ0) is 55.0. The van der Waals surface area contributed by atoms with E-state index >= 15 is 0 Å². The fourth-order valence-electron chi connectivity index (χ4n) is 10.9. The van der Waals surface area contributed by atoms with Gasteiger partial charge in [-0.25, -0.2) is 0 Å². The van der Waals surface area contributed by atoms with Crippen LogP contribution in [-0.2, 0) is 14.3 Å². The first kappa shape index (κ1) is 74.3. The lowest BCUT2D eigenvalue weighted by Gasteiger charge is -2.20. The third-order valence-electron chi connectivity index (χ3n) is 16.2. The minimum Gasteiger partial charge on any atom is -0.466 e. The molecule has 2 atom stereocenters. The third-order valence-corrected chi connectivity index (χ3v) is 16.2. The summed E-state index contributed by atoms with van der Waals surface area (Å²) in [6, 6.07) is -0.625. The van der Waals surface area contributed by atoms with Crippen LogP contribution in [0.5, 0.6) is 0 Å². The lowest BCUT2D eigenvalue weighted by Crippen LogP contribution is -2.45. The Hall–Kier alpha value is -1.66. The van der Waals surface area contributed by atoms with E-state index in [2.05, 4.69) is 31.3 Å². The van der Waals surface area contributed by atoms with Crippen LogP contribution >= 0.6 is 0 Å². The summed E-state index contributed by atoms with van der Waals surface area (Å²) in [5.74, 6) is -0.0467. The molecule has 0 aliphatic rings. The number of rotatable bonds is 65. The fourth-order valence-corrected chi connectivity index (χ4v) is 10.9. The molecule has 0 saturated carbocycles. The van der Waals surface area contributed by atoms with Crippen LogP contribution in [0.2, 0.25) is 0 Å². The van der Waals surface area contributed by atoms with Crippen molar-refractivity contribution in [2.24, 2.45) is 0 Å². The van der Waals surface area contributed by atoms with E-state index < -0.39 is 12.1 Å². The van der Waals surface area contributed by atoms with Gasteiger partial charge in [0.15, 0.2) is 0 Å². The number of unbranched alkanes of at least 4 members (excludes halogenated alkanes) is 52. The molecule has 0 aliphatic carbocycles. The molecule has 6 nitrogen and oxygen atoms in total. The zero-order valence-electron chi connectivity index (χ0n) is 51.5. The van der Waals surface area contributed by atoms with Crippen LogP contribution in [0.3, 0.4) is 0 Å². The van der Waals surface area contributed by atoms with Crippen molar-refractivity contribution in [2.75, 3.05) is 13.2 Å². The van der Waals surface area contributed by atoms with Gasteiger partial charge in [0, 0.05) is 12.8 Å². The summed E-state index contributed by atoms with van der Waals surface area (Å²) in [5.41, 5.74) is 0. The summed E-state index contributed by atoms with van der Waals surface area (Å²) in [6.45, 7) is 4.93. The van der Waals surface area contributed by atoms with E-state index in [1.54, 1.807) is 6.08 Å². The van der Waals surface area contributed by atoms with E-state index in [4.69, 9.17) is 4.74 Å². The van der Waals surface area contributed by atoms with Crippen molar-refractivity contribution in [3.63, 3.8) is 0 Å². The Kier molecular flexibility index (Phi) is 64.4. The van der Waals surface area contributed by atoms with Gasteiger partial charge in [0.1, 0.15) is 0 Å². The van der Waals surface area contributed by atoms with E-state index in [0.29, 0.717) is 19.4 Å². The number of amides is 1. The maximum absolute atomic E-state index is 12.5. The van der Waals surface area contributed by atoms with Gasteiger partial charge in [0.05, 0.1) is 25.4 Å². The smallest absolute Gasteiger partial charge is 0.305 e. The van der Waals surface area contributed by atoms with Crippen molar-refractivity contribution in [2.45, 2.75) is 398 Å². The summed E-state index contributed by atoms with van der Waals surface area (Å²) in [5, 5.41) is 23.1. The summed E-state index contributed by atoms with van der Waals surface area (Å²) in [6.07, 6.45) is 82.5. The van der Waals surface area contributed by atoms with Gasteiger partial charge in [-0.15, -0.1) is 0 Å². The number of hydrogen-bond acceptors (Lipinski definition) is 5. The second-order valence-corrected chi connectivity index (χ2v) is 23.9. The van der Waals surface area contributed by atoms with Crippen LogP contribution in [-0.4, -0.2) is 47.4 Å². The zero-order valence-corrected chi connectivity index (χ0v) is 51.5. The van der Waals surface area contributed by atoms with Crippen LogP contribution in [0.15, 0.2) is 24.3 Å². The number of nitrogens with one attached hydrogen (secondary N) is 1. The van der Waals surface area contributed by atoms with Crippen LogP contribution < -0.4 is 5.32 Å². The monoisotopic (exact) mass is 1070 g/mol. The number of allylic oxidation sites excluding steroid dienone is 3. The molecule has 0 fully saturated rings. The lowest BCUT2D eigenvalue weighted by molar-refractivity contribution is -0.143. The van der Waals surface area contributed by atoms with E-state index in [0.717, 1.165) is 38.5 Å². The molecule has 0 aromatic carbocycles. The lowest BCUT2D eigenvalue weighted by atomic mass is 10.0. The SMILES string of the molecule is CCCCCCCC/C=C\CCCCCCCCCCCC(=O)OCCCCCCCCCCCCCCCCCCCCCCCCCCCCC(=O)NC(CO)C(O)/C=C/CCCCCCCCCCCCCC. The third kappa shape index (κ3) is 61.6. The number of esters is 1. The van der Waals surface area contributed by atoms with Gasteiger partial charge in [-0.1, -0.05) is 340 Å². The van der Waals surface area contributed by atoms with Crippen molar-refractivity contribution in [1.29, 1.82) is 0 Å². The first-order valence-corrected chi connectivity index (χ1v) is 34.6. The molecule has 0 heterocycles. The highest BCUT2D eigenvalue weighted by Crippen LogP contribution is 2.19. The number of hydrogen-bond donors (Lipinski definition) is 3. The van der Waals surface area contributed by atoms with Crippen LogP contribution in [0, 0.1) is 0 Å². The normalized spacial score (nSPS) is 12.6. The average Bonchev–Trinajstić information content (AvgIpc) is 3.42. The molecule has 3 N–H and O–H groups in total. The molecule has 0 radical (unpaired) electrons.